The van der Waals surface area contributed by atoms with Crippen molar-refractivity contribution >= 4 is 18.6 Å². The van der Waals surface area contributed by atoms with E-state index in [9.17, 15) is 0 Å². The maximum Gasteiger partial charge on any atom is 0.192 e. The molecule has 2 N–H and O–H groups in total. The number of benzene rings is 2. The van der Waals surface area contributed by atoms with Crippen LogP contribution in [0.25, 0.3) is 0 Å². The topological polar surface area (TPSA) is 26.0 Å². The van der Waals surface area contributed by atoms with Crippen LogP contribution in [-0.4, -0.2) is 8.24 Å². The van der Waals surface area contributed by atoms with Crippen LogP contribution in [0, 0.1) is 0 Å². The van der Waals surface area contributed by atoms with E-state index in [1.54, 1.807) is 0 Å². The van der Waals surface area contributed by atoms with Crippen molar-refractivity contribution in [1.82, 2.24) is 0 Å². The highest BCUT2D eigenvalue weighted by molar-refractivity contribution is 7.01. The van der Waals surface area contributed by atoms with Crippen molar-refractivity contribution in [3.05, 3.63) is 60.7 Å². The van der Waals surface area contributed by atoms with Gasteiger partial charge in [0.1, 0.15) is 0 Å². The Morgan fingerprint density at radius 3 is 1.33 bits per heavy atom. The van der Waals surface area contributed by atoms with Gasteiger partial charge in [-0.25, -0.2) is 0 Å². The fourth-order valence-electron chi connectivity index (χ4n) is 2.43. The molecule has 0 saturated heterocycles. The number of hydrogen-bond donors (Lipinski definition) is 1. The van der Waals surface area contributed by atoms with Gasteiger partial charge in [-0.15, -0.1) is 0 Å². The molecular formula is C16H21NSi. The second-order valence-corrected chi connectivity index (χ2v) is 10.1. The van der Waals surface area contributed by atoms with Crippen molar-refractivity contribution in [1.29, 1.82) is 0 Å². The molecule has 0 aliphatic heterocycles. The summed E-state index contributed by atoms with van der Waals surface area (Å²) in [6.45, 7) is 6.75. The third kappa shape index (κ3) is 2.14. The molecule has 0 radical (unpaired) electrons. The molecule has 0 aliphatic carbocycles. The van der Waals surface area contributed by atoms with E-state index in [2.05, 4.69) is 69.3 Å². The summed E-state index contributed by atoms with van der Waals surface area (Å²) >= 11 is 0. The van der Waals surface area contributed by atoms with Crippen LogP contribution in [-0.2, 0) is 0 Å². The molecule has 2 rings (SSSR count). The predicted molar refractivity (Wildman–Crippen MR) is 81.8 cm³/mol. The number of nitrogens with two attached hydrogens (primary N) is 1. The highest BCUT2D eigenvalue weighted by atomic mass is 28.3. The molecule has 2 aromatic rings. The smallest absolute Gasteiger partial charge is 0.192 e. The molecule has 0 aliphatic rings. The summed E-state index contributed by atoms with van der Waals surface area (Å²) in [6, 6.07) is 21.1. The van der Waals surface area contributed by atoms with Gasteiger partial charge in [-0.05, 0) is 15.4 Å². The first kappa shape index (κ1) is 13.1. The Kier molecular flexibility index (Phi) is 3.42. The Morgan fingerprint density at radius 1 is 0.722 bits per heavy atom. The largest absolute Gasteiger partial charge is 0.343 e. The second-order valence-electron chi connectivity index (χ2n) is 5.79. The summed E-state index contributed by atoms with van der Waals surface area (Å²) in [5, 5.41) is 9.63. The molecule has 94 valence electrons. The van der Waals surface area contributed by atoms with Gasteiger partial charge in [0.15, 0.2) is 8.24 Å². The number of hydrogen-bond acceptors (Lipinski definition) is 1. The highest BCUT2D eigenvalue weighted by Gasteiger charge is 2.44. The molecule has 0 spiro atoms. The third-order valence-electron chi connectivity index (χ3n) is 3.64. The molecule has 0 unspecified atom stereocenters. The van der Waals surface area contributed by atoms with Gasteiger partial charge in [-0.3, -0.25) is 0 Å². The lowest BCUT2D eigenvalue weighted by atomic mass is 10.2. The van der Waals surface area contributed by atoms with E-state index >= 15 is 0 Å². The van der Waals surface area contributed by atoms with E-state index in [0.29, 0.717) is 0 Å². The molecule has 0 saturated carbocycles. The van der Waals surface area contributed by atoms with Crippen LogP contribution < -0.4 is 15.8 Å². The molecule has 0 aromatic heterocycles. The summed E-state index contributed by atoms with van der Waals surface area (Å²) < 4.78 is 0. The van der Waals surface area contributed by atoms with Gasteiger partial charge in [-0.2, -0.15) is 0 Å². The van der Waals surface area contributed by atoms with Crippen LogP contribution in [0.5, 0.6) is 0 Å². The van der Waals surface area contributed by atoms with E-state index in [-0.39, 0.29) is 5.04 Å². The van der Waals surface area contributed by atoms with Crippen LogP contribution in [0.2, 0.25) is 5.04 Å². The zero-order valence-electron chi connectivity index (χ0n) is 11.4. The Labute approximate surface area is 111 Å². The SMILES string of the molecule is CC(C)(C)[Si](N)(c1ccccc1)c1ccccc1. The Hall–Kier alpha value is -1.38. The third-order valence-corrected chi connectivity index (χ3v) is 8.50. The van der Waals surface area contributed by atoms with Crippen molar-refractivity contribution < 1.29 is 0 Å². The molecular weight excluding hydrogens is 234 g/mol. The molecule has 0 amide bonds. The van der Waals surface area contributed by atoms with Crippen molar-refractivity contribution in [2.75, 3.05) is 0 Å². The summed E-state index contributed by atoms with van der Waals surface area (Å²) in [6.07, 6.45) is 0. The molecule has 0 atom stereocenters. The summed E-state index contributed by atoms with van der Waals surface area (Å²) in [7, 11) is -2.20. The lowest BCUT2D eigenvalue weighted by Crippen LogP contribution is -2.71. The molecule has 0 heterocycles. The van der Waals surface area contributed by atoms with Gasteiger partial charge in [0, 0.05) is 0 Å². The molecule has 1 nitrogen and oxygen atoms in total. The maximum atomic E-state index is 6.96. The zero-order valence-corrected chi connectivity index (χ0v) is 12.4. The average Bonchev–Trinajstić information content (AvgIpc) is 2.38. The first-order chi connectivity index (χ1) is 8.46. The van der Waals surface area contributed by atoms with Gasteiger partial charge in [0.25, 0.3) is 0 Å². The molecule has 2 aromatic carbocycles. The van der Waals surface area contributed by atoms with Gasteiger partial charge in [-0.1, -0.05) is 81.4 Å². The first-order valence-electron chi connectivity index (χ1n) is 6.36. The molecule has 18 heavy (non-hydrogen) atoms. The van der Waals surface area contributed by atoms with E-state index in [1.807, 2.05) is 12.1 Å². The van der Waals surface area contributed by atoms with Gasteiger partial charge in [0.2, 0.25) is 0 Å². The van der Waals surface area contributed by atoms with Crippen LogP contribution in [0.3, 0.4) is 0 Å². The number of rotatable bonds is 2. The predicted octanol–water partition coefficient (Wildman–Crippen LogP) is 2.51. The monoisotopic (exact) mass is 255 g/mol. The maximum absolute atomic E-state index is 6.96. The van der Waals surface area contributed by atoms with Gasteiger partial charge in [0.05, 0.1) is 0 Å². The summed E-state index contributed by atoms with van der Waals surface area (Å²) in [5.74, 6) is 0. The summed E-state index contributed by atoms with van der Waals surface area (Å²) in [5.41, 5.74) is 0. The van der Waals surface area contributed by atoms with Gasteiger partial charge < -0.3 is 5.40 Å². The standard InChI is InChI=1S/C16H21NSi/c1-16(2,3)18(17,14-10-6-4-7-11-14)15-12-8-5-9-13-15/h4-13H,17H2,1-3H3. The van der Waals surface area contributed by atoms with Crippen LogP contribution in [0.1, 0.15) is 20.8 Å². The van der Waals surface area contributed by atoms with E-state index < -0.39 is 8.24 Å². The normalized spacial score (nSPS) is 12.4. The molecule has 0 bridgehead atoms. The minimum atomic E-state index is -2.20. The van der Waals surface area contributed by atoms with E-state index in [1.165, 1.54) is 10.4 Å². The minimum absolute atomic E-state index is 0.0791. The lowest BCUT2D eigenvalue weighted by Gasteiger charge is -2.40. The van der Waals surface area contributed by atoms with Crippen molar-refractivity contribution in [3.63, 3.8) is 0 Å². The van der Waals surface area contributed by atoms with Crippen LogP contribution in [0.4, 0.5) is 0 Å². The second kappa shape index (κ2) is 4.71. The zero-order chi connectivity index (χ0) is 13.2. The molecule has 2 heteroatoms. The van der Waals surface area contributed by atoms with Crippen LogP contribution >= 0.6 is 0 Å². The van der Waals surface area contributed by atoms with Crippen molar-refractivity contribution in [2.45, 2.75) is 25.8 Å². The average molecular weight is 255 g/mol. The van der Waals surface area contributed by atoms with E-state index in [0.717, 1.165) is 0 Å². The minimum Gasteiger partial charge on any atom is -0.343 e. The first-order valence-corrected chi connectivity index (χ1v) is 8.44. The van der Waals surface area contributed by atoms with Gasteiger partial charge >= 0.3 is 0 Å². The Balaban J connectivity index is 2.63. The van der Waals surface area contributed by atoms with Crippen molar-refractivity contribution in [2.24, 2.45) is 5.40 Å². The van der Waals surface area contributed by atoms with Crippen LogP contribution in [0.15, 0.2) is 60.7 Å². The lowest BCUT2D eigenvalue weighted by molar-refractivity contribution is 0.729. The Bertz CT molecular complexity index is 460. The van der Waals surface area contributed by atoms with E-state index in [4.69, 9.17) is 5.40 Å². The Morgan fingerprint density at radius 2 is 1.06 bits per heavy atom. The molecule has 0 fully saturated rings. The fraction of sp³-hybridized carbons (Fsp3) is 0.250. The highest BCUT2D eigenvalue weighted by Crippen LogP contribution is 2.31. The quantitative estimate of drug-likeness (QED) is 0.820. The summed E-state index contributed by atoms with van der Waals surface area (Å²) in [4.78, 5) is 0. The fourth-order valence-corrected chi connectivity index (χ4v) is 5.94. The van der Waals surface area contributed by atoms with Crippen molar-refractivity contribution in [3.8, 4) is 0 Å².